The number of imide groups is 1. The van der Waals surface area contributed by atoms with E-state index in [1.807, 2.05) is 42.5 Å². The Hall–Kier alpha value is -3.02. The lowest BCUT2D eigenvalue weighted by Gasteiger charge is -2.27. The Kier molecular flexibility index (Phi) is 4.46. The fourth-order valence-electron chi connectivity index (χ4n) is 5.87. The molecule has 3 heterocycles. The number of halogens is 1. The highest BCUT2D eigenvalue weighted by molar-refractivity contribution is 6.30. The van der Waals surface area contributed by atoms with Gasteiger partial charge in [0.2, 0.25) is 11.8 Å². The first-order valence-corrected chi connectivity index (χ1v) is 11.3. The third-order valence-electron chi connectivity index (χ3n) is 7.24. The standard InChI is InChI=1S/C26H21ClN2O3/c27-18-10-7-16(8-11-18)24(30)23-22-21(20-6-3-13-28(20)23)25(31)29(26(22)32)19-12-9-15-4-1-2-5-17(15)14-19/h1-2,4-5,7-12,14,20-23H,3,6,13H2/t20-,21+,22+,23-/m0/s1. The Balaban J connectivity index is 1.41. The van der Waals surface area contributed by atoms with Crippen LogP contribution in [0.3, 0.4) is 0 Å². The molecule has 160 valence electrons. The van der Waals surface area contributed by atoms with E-state index in [9.17, 15) is 14.4 Å². The minimum absolute atomic E-state index is 0.0665. The van der Waals surface area contributed by atoms with Crippen molar-refractivity contribution in [2.45, 2.75) is 24.9 Å². The van der Waals surface area contributed by atoms with Crippen molar-refractivity contribution in [3.63, 3.8) is 0 Å². The van der Waals surface area contributed by atoms with Gasteiger partial charge in [-0.25, -0.2) is 4.90 Å². The number of hydrogen-bond acceptors (Lipinski definition) is 4. The summed E-state index contributed by atoms with van der Waals surface area (Å²) in [7, 11) is 0. The molecule has 3 aromatic carbocycles. The third kappa shape index (κ3) is 2.78. The molecule has 0 saturated carbocycles. The van der Waals surface area contributed by atoms with Gasteiger partial charge in [0.1, 0.15) is 0 Å². The number of amides is 2. The van der Waals surface area contributed by atoms with E-state index >= 15 is 0 Å². The first-order valence-electron chi connectivity index (χ1n) is 11.0. The summed E-state index contributed by atoms with van der Waals surface area (Å²) in [5, 5.41) is 2.58. The van der Waals surface area contributed by atoms with Crippen LogP contribution >= 0.6 is 11.6 Å². The molecule has 3 fully saturated rings. The maximum atomic E-state index is 13.7. The number of carbonyl (C=O) groups excluding carboxylic acids is 3. The predicted molar refractivity (Wildman–Crippen MR) is 123 cm³/mol. The van der Waals surface area contributed by atoms with Crippen molar-refractivity contribution >= 4 is 45.7 Å². The maximum absolute atomic E-state index is 13.7. The summed E-state index contributed by atoms with van der Waals surface area (Å²) < 4.78 is 0. The molecule has 0 radical (unpaired) electrons. The fraction of sp³-hybridized carbons (Fsp3) is 0.269. The van der Waals surface area contributed by atoms with E-state index in [1.54, 1.807) is 24.3 Å². The van der Waals surface area contributed by atoms with Crippen LogP contribution in [0.2, 0.25) is 5.02 Å². The highest BCUT2D eigenvalue weighted by Gasteiger charge is 2.64. The normalized spacial score (nSPS) is 27.2. The molecule has 0 spiro atoms. The molecule has 3 aromatic rings. The Bertz CT molecular complexity index is 1270. The number of ketones is 1. The Morgan fingerprint density at radius 2 is 1.59 bits per heavy atom. The van der Waals surface area contributed by atoms with E-state index in [4.69, 9.17) is 11.6 Å². The van der Waals surface area contributed by atoms with Crippen LogP contribution in [0.4, 0.5) is 5.69 Å². The third-order valence-corrected chi connectivity index (χ3v) is 7.49. The molecule has 0 N–H and O–H groups in total. The van der Waals surface area contributed by atoms with Crippen molar-refractivity contribution in [2.75, 3.05) is 11.4 Å². The second-order valence-electron chi connectivity index (χ2n) is 8.86. The number of hydrogen-bond donors (Lipinski definition) is 0. The molecular formula is C26H21ClN2O3. The first kappa shape index (κ1) is 19.6. The SMILES string of the molecule is O=C(c1ccc(Cl)cc1)[C@@H]1[C@@H]2C(=O)N(c3ccc4ccccc4c3)C(=O)[C@@H]2[C@@H]2CCCN12. The largest absolute Gasteiger partial charge is 0.292 e. The van der Waals surface area contributed by atoms with Crippen LogP contribution in [0.1, 0.15) is 23.2 Å². The van der Waals surface area contributed by atoms with E-state index in [0.29, 0.717) is 16.3 Å². The van der Waals surface area contributed by atoms with E-state index in [-0.39, 0.29) is 23.6 Å². The van der Waals surface area contributed by atoms with Crippen LogP contribution in [-0.4, -0.2) is 41.1 Å². The molecule has 4 atom stereocenters. The van der Waals surface area contributed by atoms with Crippen LogP contribution in [0.15, 0.2) is 66.7 Å². The molecule has 3 aliphatic heterocycles. The summed E-state index contributed by atoms with van der Waals surface area (Å²) in [6.07, 6.45) is 1.76. The predicted octanol–water partition coefficient (Wildman–Crippen LogP) is 4.33. The van der Waals surface area contributed by atoms with Gasteiger partial charge in [-0.1, -0.05) is 41.9 Å². The van der Waals surface area contributed by atoms with Crippen LogP contribution in [-0.2, 0) is 9.59 Å². The summed E-state index contributed by atoms with van der Waals surface area (Å²) in [6.45, 7) is 0.734. The summed E-state index contributed by atoms with van der Waals surface area (Å²) in [5.41, 5.74) is 1.10. The topological polar surface area (TPSA) is 57.7 Å². The van der Waals surface area contributed by atoms with Gasteiger partial charge in [0, 0.05) is 16.6 Å². The smallest absolute Gasteiger partial charge is 0.239 e. The molecule has 32 heavy (non-hydrogen) atoms. The van der Waals surface area contributed by atoms with Gasteiger partial charge in [0.25, 0.3) is 0 Å². The monoisotopic (exact) mass is 444 g/mol. The van der Waals surface area contributed by atoms with Gasteiger partial charge in [-0.15, -0.1) is 0 Å². The molecule has 0 unspecified atom stereocenters. The summed E-state index contributed by atoms with van der Waals surface area (Å²) in [6, 6.07) is 19.6. The minimum Gasteiger partial charge on any atom is -0.292 e. The van der Waals surface area contributed by atoms with Crippen LogP contribution in [0, 0.1) is 11.8 Å². The molecule has 0 aliphatic carbocycles. The highest BCUT2D eigenvalue weighted by Crippen LogP contribution is 2.48. The van der Waals surface area contributed by atoms with Gasteiger partial charge in [-0.05, 0) is 66.6 Å². The molecule has 3 aliphatic rings. The molecule has 0 aromatic heterocycles. The highest BCUT2D eigenvalue weighted by atomic mass is 35.5. The van der Waals surface area contributed by atoms with Gasteiger partial charge >= 0.3 is 0 Å². The first-order chi connectivity index (χ1) is 15.5. The van der Waals surface area contributed by atoms with Crippen molar-refractivity contribution in [2.24, 2.45) is 11.8 Å². The average molecular weight is 445 g/mol. The molecule has 3 saturated heterocycles. The molecule has 6 rings (SSSR count). The van der Waals surface area contributed by atoms with Crippen molar-refractivity contribution in [3.05, 3.63) is 77.3 Å². The Morgan fingerprint density at radius 1 is 0.875 bits per heavy atom. The number of carbonyl (C=O) groups is 3. The summed E-state index contributed by atoms with van der Waals surface area (Å²) in [5.74, 6) is -1.68. The molecule has 6 heteroatoms. The Labute approximate surface area is 190 Å². The average Bonchev–Trinajstić information content (AvgIpc) is 3.45. The zero-order valence-electron chi connectivity index (χ0n) is 17.3. The van der Waals surface area contributed by atoms with Gasteiger partial charge in [-0.2, -0.15) is 0 Å². The van der Waals surface area contributed by atoms with E-state index in [2.05, 4.69) is 4.90 Å². The maximum Gasteiger partial charge on any atom is 0.239 e. The lowest BCUT2D eigenvalue weighted by atomic mass is 9.85. The van der Waals surface area contributed by atoms with Crippen LogP contribution in [0.5, 0.6) is 0 Å². The van der Waals surface area contributed by atoms with Gasteiger partial charge in [0.15, 0.2) is 5.78 Å². The second-order valence-corrected chi connectivity index (χ2v) is 9.29. The number of anilines is 1. The second kappa shape index (κ2) is 7.26. The van der Waals surface area contributed by atoms with E-state index < -0.39 is 17.9 Å². The molecule has 5 nitrogen and oxygen atoms in total. The van der Waals surface area contributed by atoms with Gasteiger partial charge in [0.05, 0.1) is 23.6 Å². The fourth-order valence-corrected chi connectivity index (χ4v) is 6.00. The summed E-state index contributed by atoms with van der Waals surface area (Å²) in [4.78, 5) is 44.2. The summed E-state index contributed by atoms with van der Waals surface area (Å²) >= 11 is 6.00. The number of nitrogens with zero attached hydrogens (tertiary/aromatic N) is 2. The molecule has 2 amide bonds. The van der Waals surface area contributed by atoms with Gasteiger partial charge in [-0.3, -0.25) is 19.3 Å². The van der Waals surface area contributed by atoms with Crippen molar-refractivity contribution in [1.29, 1.82) is 0 Å². The van der Waals surface area contributed by atoms with E-state index in [1.165, 1.54) is 4.90 Å². The lowest BCUT2D eigenvalue weighted by molar-refractivity contribution is -0.123. The molecular weight excluding hydrogens is 424 g/mol. The number of fused-ring (bicyclic) bond motifs is 4. The zero-order valence-corrected chi connectivity index (χ0v) is 18.0. The molecule has 0 bridgehead atoms. The Morgan fingerprint density at radius 3 is 2.38 bits per heavy atom. The van der Waals surface area contributed by atoms with Crippen molar-refractivity contribution in [1.82, 2.24) is 4.90 Å². The van der Waals surface area contributed by atoms with Crippen LogP contribution < -0.4 is 4.90 Å². The minimum atomic E-state index is -0.651. The quantitative estimate of drug-likeness (QED) is 0.445. The van der Waals surface area contributed by atoms with Crippen LogP contribution in [0.25, 0.3) is 10.8 Å². The van der Waals surface area contributed by atoms with Gasteiger partial charge < -0.3 is 0 Å². The van der Waals surface area contributed by atoms with Crippen molar-refractivity contribution < 1.29 is 14.4 Å². The zero-order chi connectivity index (χ0) is 22.0. The number of Topliss-reactive ketones (excluding diaryl/α,β-unsaturated/α-hetero) is 1. The van der Waals surface area contributed by atoms with E-state index in [0.717, 1.165) is 30.2 Å². The number of benzene rings is 3. The number of rotatable bonds is 3. The lowest BCUT2D eigenvalue weighted by Crippen LogP contribution is -2.46. The van der Waals surface area contributed by atoms with Crippen molar-refractivity contribution in [3.8, 4) is 0 Å².